The highest BCUT2D eigenvalue weighted by atomic mass is 79.9. The molecule has 3 aromatic rings. The van der Waals surface area contributed by atoms with Gasteiger partial charge < -0.3 is 0 Å². The van der Waals surface area contributed by atoms with E-state index in [1.807, 2.05) is 24.3 Å². The van der Waals surface area contributed by atoms with Crippen molar-refractivity contribution in [1.82, 2.24) is 10.2 Å². The van der Waals surface area contributed by atoms with E-state index in [1.54, 1.807) is 23.1 Å². The topological polar surface area (TPSA) is 49.0 Å². The van der Waals surface area contributed by atoms with Crippen LogP contribution in [0.1, 0.15) is 47.2 Å². The standard InChI is InChI=1S/C21H18BrCl2N3O/c1-11(2)10-16-18-19(26-25-16)21(28)27(13-8-6-12(22)7-9-13)20(18)17-14(23)4-3-5-15(17)24/h3-9,11,20H,10H2,1-2H3,(H,25,26). The second-order valence-electron chi connectivity index (χ2n) is 7.25. The molecule has 1 unspecified atom stereocenters. The Morgan fingerprint density at radius 3 is 2.36 bits per heavy atom. The van der Waals surface area contributed by atoms with Crippen molar-refractivity contribution >= 4 is 50.7 Å². The third-order valence-electron chi connectivity index (χ3n) is 4.83. The van der Waals surface area contributed by atoms with Gasteiger partial charge in [0.2, 0.25) is 0 Å². The van der Waals surface area contributed by atoms with Crippen molar-refractivity contribution in [2.75, 3.05) is 4.90 Å². The van der Waals surface area contributed by atoms with Crippen LogP contribution in [0.4, 0.5) is 5.69 Å². The second-order valence-corrected chi connectivity index (χ2v) is 8.98. The van der Waals surface area contributed by atoms with Crippen LogP contribution in [0.5, 0.6) is 0 Å². The summed E-state index contributed by atoms with van der Waals surface area (Å²) in [5.41, 5.74) is 3.72. The molecule has 4 nitrogen and oxygen atoms in total. The summed E-state index contributed by atoms with van der Waals surface area (Å²) in [6, 6.07) is 12.6. The maximum Gasteiger partial charge on any atom is 0.277 e. The number of benzene rings is 2. The number of hydrogen-bond donors (Lipinski definition) is 1. The summed E-state index contributed by atoms with van der Waals surface area (Å²) in [6.07, 6.45) is 0.756. The number of nitrogens with zero attached hydrogens (tertiary/aromatic N) is 2. The average molecular weight is 479 g/mol. The lowest BCUT2D eigenvalue weighted by molar-refractivity contribution is 0.0989. The molecule has 7 heteroatoms. The number of aromatic nitrogens is 2. The Bertz CT molecular complexity index is 1030. The zero-order valence-corrected chi connectivity index (χ0v) is 18.4. The van der Waals surface area contributed by atoms with E-state index >= 15 is 0 Å². The number of carbonyl (C=O) groups excluding carboxylic acids is 1. The predicted molar refractivity (Wildman–Crippen MR) is 116 cm³/mol. The molecule has 0 radical (unpaired) electrons. The third kappa shape index (κ3) is 3.25. The van der Waals surface area contributed by atoms with Gasteiger partial charge in [0.15, 0.2) is 0 Å². The Morgan fingerprint density at radius 1 is 1.11 bits per heavy atom. The van der Waals surface area contributed by atoms with Crippen molar-refractivity contribution in [2.45, 2.75) is 26.3 Å². The molecule has 0 saturated carbocycles. The molecule has 144 valence electrons. The molecule has 1 aliphatic rings. The molecule has 0 aliphatic carbocycles. The van der Waals surface area contributed by atoms with E-state index < -0.39 is 6.04 Å². The van der Waals surface area contributed by atoms with Gasteiger partial charge in [0.05, 0.1) is 11.7 Å². The van der Waals surface area contributed by atoms with Crippen molar-refractivity contribution in [3.05, 3.63) is 79.5 Å². The number of amides is 1. The van der Waals surface area contributed by atoms with Crippen LogP contribution in [0.25, 0.3) is 0 Å². The number of anilines is 1. The van der Waals surface area contributed by atoms with Crippen molar-refractivity contribution in [1.29, 1.82) is 0 Å². The Balaban J connectivity index is 1.95. The third-order valence-corrected chi connectivity index (χ3v) is 6.01. The zero-order chi connectivity index (χ0) is 20.0. The van der Waals surface area contributed by atoms with Gasteiger partial charge in [-0.05, 0) is 48.7 Å². The van der Waals surface area contributed by atoms with Gasteiger partial charge >= 0.3 is 0 Å². The van der Waals surface area contributed by atoms with Crippen LogP contribution in [0, 0.1) is 5.92 Å². The van der Waals surface area contributed by atoms with Gasteiger partial charge in [-0.1, -0.05) is 59.0 Å². The number of hydrogen-bond acceptors (Lipinski definition) is 2. The van der Waals surface area contributed by atoms with Gasteiger partial charge in [-0.3, -0.25) is 14.8 Å². The lowest BCUT2D eigenvalue weighted by Crippen LogP contribution is -2.30. The van der Waals surface area contributed by atoms with Crippen LogP contribution in [-0.4, -0.2) is 16.1 Å². The van der Waals surface area contributed by atoms with Gasteiger partial charge in [0.1, 0.15) is 5.69 Å². The van der Waals surface area contributed by atoms with Crippen molar-refractivity contribution in [3.8, 4) is 0 Å². The molecule has 4 rings (SSSR count). The highest BCUT2D eigenvalue weighted by Crippen LogP contribution is 2.47. The minimum atomic E-state index is -0.433. The lowest BCUT2D eigenvalue weighted by Gasteiger charge is -2.28. The maximum atomic E-state index is 13.3. The molecule has 1 aliphatic heterocycles. The van der Waals surface area contributed by atoms with E-state index in [9.17, 15) is 4.79 Å². The smallest absolute Gasteiger partial charge is 0.277 e. The van der Waals surface area contributed by atoms with Gasteiger partial charge in [-0.15, -0.1) is 0 Å². The van der Waals surface area contributed by atoms with Crippen LogP contribution in [0.15, 0.2) is 46.9 Å². The molecule has 1 N–H and O–H groups in total. The molecule has 1 aromatic heterocycles. The fraction of sp³-hybridized carbons (Fsp3) is 0.238. The van der Waals surface area contributed by atoms with Crippen molar-refractivity contribution in [3.63, 3.8) is 0 Å². The van der Waals surface area contributed by atoms with E-state index in [0.717, 1.165) is 27.8 Å². The second kappa shape index (κ2) is 7.54. The Morgan fingerprint density at radius 2 is 1.75 bits per heavy atom. The highest BCUT2D eigenvalue weighted by molar-refractivity contribution is 9.10. The highest BCUT2D eigenvalue weighted by Gasteiger charge is 2.44. The number of rotatable bonds is 4. The number of aromatic amines is 1. The Kier molecular flexibility index (Phi) is 5.25. The first-order valence-electron chi connectivity index (χ1n) is 8.98. The van der Waals surface area contributed by atoms with Gasteiger partial charge in [0.25, 0.3) is 5.91 Å². The van der Waals surface area contributed by atoms with E-state index in [2.05, 4.69) is 40.0 Å². The van der Waals surface area contributed by atoms with E-state index in [-0.39, 0.29) is 5.91 Å². The molecule has 0 fully saturated rings. The van der Waals surface area contributed by atoms with Gasteiger partial charge in [0, 0.05) is 31.3 Å². The summed E-state index contributed by atoms with van der Waals surface area (Å²) in [6.45, 7) is 4.25. The molecular weight excluding hydrogens is 461 g/mol. The minimum Gasteiger partial charge on any atom is -0.295 e. The number of nitrogens with one attached hydrogen (secondary N) is 1. The predicted octanol–water partition coefficient (Wildman–Crippen LogP) is 6.43. The molecule has 0 saturated heterocycles. The molecule has 2 aromatic carbocycles. The average Bonchev–Trinajstić information content (AvgIpc) is 3.15. The van der Waals surface area contributed by atoms with Crippen LogP contribution < -0.4 is 4.90 Å². The van der Waals surface area contributed by atoms with E-state index in [1.165, 1.54) is 0 Å². The number of carbonyl (C=O) groups is 1. The summed E-state index contributed by atoms with van der Waals surface area (Å²) in [4.78, 5) is 15.1. The quantitative estimate of drug-likeness (QED) is 0.469. The summed E-state index contributed by atoms with van der Waals surface area (Å²) < 4.78 is 0.941. The largest absolute Gasteiger partial charge is 0.295 e. The first-order chi connectivity index (χ1) is 13.4. The fourth-order valence-corrected chi connectivity index (χ4v) is 4.54. The van der Waals surface area contributed by atoms with Crippen LogP contribution in [-0.2, 0) is 6.42 Å². The van der Waals surface area contributed by atoms with Crippen LogP contribution >= 0.6 is 39.1 Å². The fourth-order valence-electron chi connectivity index (χ4n) is 3.67. The van der Waals surface area contributed by atoms with Crippen molar-refractivity contribution in [2.24, 2.45) is 5.92 Å². The minimum absolute atomic E-state index is 0.138. The molecule has 1 amide bonds. The van der Waals surface area contributed by atoms with Crippen LogP contribution in [0.3, 0.4) is 0 Å². The normalized spacial score (nSPS) is 16.1. The summed E-state index contributed by atoms with van der Waals surface area (Å²) in [5, 5.41) is 8.44. The molecule has 0 bridgehead atoms. The van der Waals surface area contributed by atoms with Gasteiger partial charge in [-0.25, -0.2) is 0 Å². The molecule has 2 heterocycles. The first-order valence-corrected chi connectivity index (χ1v) is 10.5. The van der Waals surface area contributed by atoms with Crippen molar-refractivity contribution < 1.29 is 4.79 Å². The number of fused-ring (bicyclic) bond motifs is 1. The lowest BCUT2D eigenvalue weighted by atomic mass is 9.95. The molecule has 28 heavy (non-hydrogen) atoms. The number of H-pyrrole nitrogens is 1. The maximum absolute atomic E-state index is 13.3. The van der Waals surface area contributed by atoms with Gasteiger partial charge in [-0.2, -0.15) is 5.10 Å². The Labute approximate surface area is 182 Å². The first kappa shape index (κ1) is 19.5. The van der Waals surface area contributed by atoms with E-state index in [0.29, 0.717) is 27.2 Å². The SMILES string of the molecule is CC(C)Cc1n[nH]c2c1C(c1c(Cl)cccc1Cl)N(c1ccc(Br)cc1)C2=O. The monoisotopic (exact) mass is 477 g/mol. The summed E-state index contributed by atoms with van der Waals surface area (Å²) in [5.74, 6) is 0.257. The summed E-state index contributed by atoms with van der Waals surface area (Å²) in [7, 11) is 0. The molecule has 1 atom stereocenters. The van der Waals surface area contributed by atoms with Crippen LogP contribution in [0.2, 0.25) is 10.0 Å². The molecular formula is C21H18BrCl2N3O. The zero-order valence-electron chi connectivity index (χ0n) is 15.3. The number of halogens is 3. The summed E-state index contributed by atoms with van der Waals surface area (Å²) >= 11 is 16.6. The Hall–Kier alpha value is -1.82. The van der Waals surface area contributed by atoms with E-state index in [4.69, 9.17) is 23.2 Å². The molecule has 0 spiro atoms.